The van der Waals surface area contributed by atoms with E-state index in [1.165, 1.54) is 13.2 Å². The van der Waals surface area contributed by atoms with E-state index < -0.39 is 11.8 Å². The van der Waals surface area contributed by atoms with Gasteiger partial charge in [-0.1, -0.05) is 18.5 Å². The molecule has 1 N–H and O–H groups in total. The van der Waals surface area contributed by atoms with E-state index in [9.17, 15) is 9.18 Å². The molecule has 1 unspecified atom stereocenters. The van der Waals surface area contributed by atoms with Gasteiger partial charge in [-0.3, -0.25) is 4.79 Å². The van der Waals surface area contributed by atoms with Crippen LogP contribution in [-0.4, -0.2) is 18.2 Å². The molecular weight excluding hydrogens is 235 g/mol. The third-order valence-electron chi connectivity index (χ3n) is 2.29. The second-order valence-corrected chi connectivity index (χ2v) is 3.90. The SMILES string of the molecule is COc1cc(C(C)CC(=O)O)cc(F)c1Cl. The smallest absolute Gasteiger partial charge is 0.303 e. The summed E-state index contributed by atoms with van der Waals surface area (Å²) >= 11 is 5.66. The van der Waals surface area contributed by atoms with Crippen LogP contribution in [0.25, 0.3) is 0 Å². The van der Waals surface area contributed by atoms with Gasteiger partial charge in [0.05, 0.1) is 13.5 Å². The molecule has 1 aromatic rings. The fourth-order valence-corrected chi connectivity index (χ4v) is 1.58. The molecule has 1 atom stereocenters. The number of hydrogen-bond acceptors (Lipinski definition) is 2. The van der Waals surface area contributed by atoms with E-state index in [-0.39, 0.29) is 23.1 Å². The van der Waals surface area contributed by atoms with Gasteiger partial charge in [0.2, 0.25) is 0 Å². The zero-order chi connectivity index (χ0) is 12.3. The van der Waals surface area contributed by atoms with Gasteiger partial charge >= 0.3 is 5.97 Å². The van der Waals surface area contributed by atoms with Crippen LogP contribution in [0.1, 0.15) is 24.8 Å². The molecule has 0 saturated carbocycles. The highest BCUT2D eigenvalue weighted by Gasteiger charge is 2.15. The number of rotatable bonds is 4. The van der Waals surface area contributed by atoms with Crippen LogP contribution in [0.3, 0.4) is 0 Å². The van der Waals surface area contributed by atoms with Crippen LogP contribution in [-0.2, 0) is 4.79 Å². The number of carboxylic acids is 1. The molecule has 0 spiro atoms. The lowest BCUT2D eigenvalue weighted by atomic mass is 9.97. The molecule has 0 radical (unpaired) electrons. The molecule has 5 heteroatoms. The van der Waals surface area contributed by atoms with Crippen molar-refractivity contribution in [1.82, 2.24) is 0 Å². The fourth-order valence-electron chi connectivity index (χ4n) is 1.40. The van der Waals surface area contributed by atoms with E-state index in [4.69, 9.17) is 21.4 Å². The summed E-state index contributed by atoms with van der Waals surface area (Å²) in [5.74, 6) is -1.61. The summed E-state index contributed by atoms with van der Waals surface area (Å²) in [4.78, 5) is 10.5. The van der Waals surface area contributed by atoms with Gasteiger partial charge in [0.25, 0.3) is 0 Å². The van der Waals surface area contributed by atoms with Gasteiger partial charge in [-0.15, -0.1) is 0 Å². The van der Waals surface area contributed by atoms with Gasteiger partial charge in [-0.05, 0) is 23.6 Å². The summed E-state index contributed by atoms with van der Waals surface area (Å²) in [7, 11) is 1.38. The minimum Gasteiger partial charge on any atom is -0.495 e. The summed E-state index contributed by atoms with van der Waals surface area (Å²) in [6, 6.07) is 2.79. The summed E-state index contributed by atoms with van der Waals surface area (Å²) in [5, 5.41) is 8.56. The van der Waals surface area contributed by atoms with Crippen LogP contribution in [0.15, 0.2) is 12.1 Å². The minimum absolute atomic E-state index is 0.0653. The van der Waals surface area contributed by atoms with Gasteiger partial charge in [0, 0.05) is 0 Å². The van der Waals surface area contributed by atoms with Crippen molar-refractivity contribution in [3.8, 4) is 5.75 Å². The number of halogens is 2. The first-order valence-electron chi connectivity index (χ1n) is 4.70. The molecule has 3 nitrogen and oxygen atoms in total. The normalized spacial score (nSPS) is 12.2. The van der Waals surface area contributed by atoms with Crippen molar-refractivity contribution in [2.75, 3.05) is 7.11 Å². The average molecular weight is 247 g/mol. The Kier molecular flexibility index (Phi) is 4.12. The highest BCUT2D eigenvalue weighted by molar-refractivity contribution is 6.32. The van der Waals surface area contributed by atoms with E-state index in [2.05, 4.69) is 0 Å². The predicted octanol–water partition coefficient (Wildman–Crippen LogP) is 3.07. The first kappa shape index (κ1) is 12.8. The third-order valence-corrected chi connectivity index (χ3v) is 2.65. The van der Waals surface area contributed by atoms with Gasteiger partial charge in [0.1, 0.15) is 16.6 Å². The van der Waals surface area contributed by atoms with Crippen LogP contribution in [0, 0.1) is 5.82 Å². The Labute approximate surface area is 97.8 Å². The summed E-state index contributed by atoms with van der Waals surface area (Å²) < 4.78 is 18.3. The highest BCUT2D eigenvalue weighted by atomic mass is 35.5. The van der Waals surface area contributed by atoms with Crippen LogP contribution >= 0.6 is 11.6 Å². The van der Waals surface area contributed by atoms with Crippen molar-refractivity contribution in [2.45, 2.75) is 19.3 Å². The standard InChI is InChI=1S/C11H12ClFO3/c1-6(3-10(14)15)7-4-8(13)11(12)9(5-7)16-2/h4-6H,3H2,1-2H3,(H,14,15). The average Bonchev–Trinajstić information content (AvgIpc) is 2.20. The maximum Gasteiger partial charge on any atom is 0.303 e. The molecule has 16 heavy (non-hydrogen) atoms. The Morgan fingerprint density at radius 2 is 2.25 bits per heavy atom. The molecule has 88 valence electrons. The predicted molar refractivity (Wildman–Crippen MR) is 58.6 cm³/mol. The first-order valence-corrected chi connectivity index (χ1v) is 5.08. The minimum atomic E-state index is -0.929. The molecule has 0 fully saturated rings. The maximum atomic E-state index is 13.4. The fraction of sp³-hybridized carbons (Fsp3) is 0.364. The second kappa shape index (κ2) is 5.16. The van der Waals surface area contributed by atoms with Gasteiger partial charge in [-0.2, -0.15) is 0 Å². The van der Waals surface area contributed by atoms with Crippen molar-refractivity contribution in [1.29, 1.82) is 0 Å². The Morgan fingerprint density at radius 1 is 1.62 bits per heavy atom. The lowest BCUT2D eigenvalue weighted by Crippen LogP contribution is -2.04. The Morgan fingerprint density at radius 3 is 2.75 bits per heavy atom. The number of carbonyl (C=O) groups is 1. The molecule has 0 amide bonds. The van der Waals surface area contributed by atoms with E-state index in [1.54, 1.807) is 13.0 Å². The third kappa shape index (κ3) is 2.85. The number of ether oxygens (including phenoxy) is 1. The number of benzene rings is 1. The van der Waals surface area contributed by atoms with E-state index in [0.717, 1.165) is 0 Å². The molecule has 0 aromatic heterocycles. The van der Waals surface area contributed by atoms with Crippen molar-refractivity contribution >= 4 is 17.6 Å². The molecule has 1 aromatic carbocycles. The zero-order valence-corrected chi connectivity index (χ0v) is 9.71. The number of methoxy groups -OCH3 is 1. The number of hydrogen-bond donors (Lipinski definition) is 1. The molecule has 0 aliphatic rings. The quantitative estimate of drug-likeness (QED) is 0.888. The zero-order valence-electron chi connectivity index (χ0n) is 8.96. The van der Waals surface area contributed by atoms with E-state index in [1.807, 2.05) is 0 Å². The number of aliphatic carboxylic acids is 1. The number of carboxylic acid groups (broad SMARTS) is 1. The van der Waals surface area contributed by atoms with Crippen molar-refractivity contribution in [3.63, 3.8) is 0 Å². The Balaban J connectivity index is 3.05. The second-order valence-electron chi connectivity index (χ2n) is 3.52. The van der Waals surface area contributed by atoms with E-state index >= 15 is 0 Å². The van der Waals surface area contributed by atoms with E-state index in [0.29, 0.717) is 5.56 Å². The molecule has 0 aliphatic carbocycles. The Hall–Kier alpha value is -1.29. The highest BCUT2D eigenvalue weighted by Crippen LogP contribution is 2.32. The summed E-state index contributed by atoms with van der Waals surface area (Å²) in [5.41, 5.74) is 0.557. The first-order chi connectivity index (χ1) is 7.45. The Bertz CT molecular complexity index is 406. The molecule has 0 saturated heterocycles. The monoisotopic (exact) mass is 246 g/mol. The lowest BCUT2D eigenvalue weighted by Gasteiger charge is -2.12. The molecule has 0 bridgehead atoms. The van der Waals surface area contributed by atoms with Crippen LogP contribution in [0.2, 0.25) is 5.02 Å². The molecule has 0 aliphatic heterocycles. The van der Waals surface area contributed by atoms with Crippen molar-refractivity contribution < 1.29 is 19.0 Å². The van der Waals surface area contributed by atoms with Crippen LogP contribution in [0.4, 0.5) is 4.39 Å². The summed E-state index contributed by atoms with van der Waals surface area (Å²) in [6.45, 7) is 1.70. The largest absolute Gasteiger partial charge is 0.495 e. The molecule has 0 heterocycles. The van der Waals surface area contributed by atoms with Crippen LogP contribution in [0.5, 0.6) is 5.75 Å². The molecular formula is C11H12ClFO3. The van der Waals surface area contributed by atoms with Crippen molar-refractivity contribution in [3.05, 3.63) is 28.5 Å². The van der Waals surface area contributed by atoms with Gasteiger partial charge < -0.3 is 9.84 Å². The molecule has 1 rings (SSSR count). The maximum absolute atomic E-state index is 13.4. The summed E-state index contributed by atoms with van der Waals surface area (Å²) in [6.07, 6.45) is -0.0653. The van der Waals surface area contributed by atoms with Crippen LogP contribution < -0.4 is 4.74 Å². The lowest BCUT2D eigenvalue weighted by molar-refractivity contribution is -0.137. The topological polar surface area (TPSA) is 46.5 Å². The van der Waals surface area contributed by atoms with Gasteiger partial charge in [-0.25, -0.2) is 4.39 Å². The van der Waals surface area contributed by atoms with Crippen molar-refractivity contribution in [2.24, 2.45) is 0 Å². The van der Waals surface area contributed by atoms with Gasteiger partial charge in [0.15, 0.2) is 0 Å².